The summed E-state index contributed by atoms with van der Waals surface area (Å²) in [6.07, 6.45) is -1.45. The minimum atomic E-state index is -2.67. The van der Waals surface area contributed by atoms with Crippen LogP contribution in [-0.4, -0.2) is 33.0 Å². The fourth-order valence-electron chi connectivity index (χ4n) is 2.03. The van der Waals surface area contributed by atoms with Crippen molar-refractivity contribution in [3.63, 3.8) is 0 Å². The summed E-state index contributed by atoms with van der Waals surface area (Å²) < 4.78 is 42.6. The molecule has 10 heteroatoms. The number of imidazole rings is 1. The molecule has 0 bridgehead atoms. The monoisotopic (exact) mass is 344 g/mol. The van der Waals surface area contributed by atoms with Crippen molar-refractivity contribution in [2.75, 3.05) is 6.61 Å². The first-order valence-corrected chi connectivity index (χ1v) is 6.68. The van der Waals surface area contributed by atoms with E-state index in [4.69, 9.17) is 16.3 Å². The number of aromatic nitrogens is 4. The van der Waals surface area contributed by atoms with Crippen molar-refractivity contribution in [2.45, 2.75) is 6.43 Å². The zero-order valence-corrected chi connectivity index (χ0v) is 12.0. The topological polar surface area (TPSA) is 83.7 Å². The van der Waals surface area contributed by atoms with Crippen molar-refractivity contribution in [2.24, 2.45) is 0 Å². The second-order valence-electron chi connectivity index (χ2n) is 4.48. The molecule has 0 aliphatic rings. The predicted molar refractivity (Wildman–Crippen MR) is 76.4 cm³/mol. The van der Waals surface area contributed by atoms with Gasteiger partial charge >= 0.3 is 5.69 Å². The van der Waals surface area contributed by atoms with Crippen molar-refractivity contribution in [1.82, 2.24) is 19.9 Å². The molecule has 0 fully saturated rings. The zero-order chi connectivity index (χ0) is 16.6. The van der Waals surface area contributed by atoms with Crippen molar-refractivity contribution < 1.29 is 17.9 Å². The maximum Gasteiger partial charge on any atom is 0.323 e. The molecule has 0 radical (unpaired) electrons. The van der Waals surface area contributed by atoms with Gasteiger partial charge in [0.2, 0.25) is 0 Å². The fraction of sp³-hybridized carbons (Fsp3) is 0.154. The van der Waals surface area contributed by atoms with Gasteiger partial charge < -0.3 is 14.7 Å². The third-order valence-corrected chi connectivity index (χ3v) is 3.20. The number of halogens is 4. The van der Waals surface area contributed by atoms with Crippen LogP contribution in [0.5, 0.6) is 5.88 Å². The van der Waals surface area contributed by atoms with E-state index in [0.29, 0.717) is 5.56 Å². The minimum Gasteiger partial charge on any atom is -0.469 e. The molecule has 1 aromatic carbocycles. The lowest BCUT2D eigenvalue weighted by Gasteiger charge is -2.08. The van der Waals surface area contributed by atoms with E-state index in [1.807, 2.05) is 0 Å². The Bertz CT molecular complexity index is 925. The van der Waals surface area contributed by atoms with E-state index in [2.05, 4.69) is 19.9 Å². The summed E-state index contributed by atoms with van der Waals surface area (Å²) in [5.41, 5.74) is 0.196. The van der Waals surface area contributed by atoms with Crippen LogP contribution in [-0.2, 0) is 0 Å². The maximum atomic E-state index is 13.7. The van der Waals surface area contributed by atoms with E-state index in [0.717, 1.165) is 6.07 Å². The van der Waals surface area contributed by atoms with Gasteiger partial charge in [-0.15, -0.1) is 0 Å². The third kappa shape index (κ3) is 3.00. The fourth-order valence-corrected chi connectivity index (χ4v) is 2.22. The Morgan fingerprint density at radius 2 is 2.00 bits per heavy atom. The lowest BCUT2D eigenvalue weighted by molar-refractivity contribution is 0.0794. The van der Waals surface area contributed by atoms with E-state index >= 15 is 0 Å². The van der Waals surface area contributed by atoms with E-state index in [-0.39, 0.29) is 27.8 Å². The van der Waals surface area contributed by atoms with Crippen LogP contribution >= 0.6 is 11.6 Å². The number of hydrogen-bond donors (Lipinski definition) is 2. The molecule has 0 saturated carbocycles. The molecule has 0 aliphatic carbocycles. The number of nitrogens with zero attached hydrogens (tertiary/aromatic N) is 2. The highest BCUT2D eigenvalue weighted by molar-refractivity contribution is 6.30. The largest absolute Gasteiger partial charge is 0.469 e. The summed E-state index contributed by atoms with van der Waals surface area (Å²) in [5, 5.41) is -0.224. The number of hydrogen-bond acceptors (Lipinski definition) is 4. The van der Waals surface area contributed by atoms with Crippen LogP contribution in [0.3, 0.4) is 0 Å². The molecule has 0 atom stereocenters. The molecule has 0 unspecified atom stereocenters. The first-order valence-electron chi connectivity index (χ1n) is 6.30. The molecule has 2 heterocycles. The number of benzene rings is 1. The molecule has 0 saturated heterocycles. The van der Waals surface area contributed by atoms with Gasteiger partial charge in [-0.1, -0.05) is 11.6 Å². The Labute approximate surface area is 131 Å². The van der Waals surface area contributed by atoms with Gasteiger partial charge in [0.1, 0.15) is 11.3 Å². The summed E-state index contributed by atoms with van der Waals surface area (Å²) in [6, 6.07) is 2.54. The van der Waals surface area contributed by atoms with Gasteiger partial charge in [0.15, 0.2) is 11.8 Å². The van der Waals surface area contributed by atoms with Gasteiger partial charge in [0.05, 0.1) is 17.4 Å². The summed E-state index contributed by atoms with van der Waals surface area (Å²) >= 11 is 5.85. The number of rotatable bonds is 4. The first-order chi connectivity index (χ1) is 11.0. The van der Waals surface area contributed by atoms with Crippen LogP contribution in [0, 0.1) is 5.82 Å². The molecule has 0 amide bonds. The van der Waals surface area contributed by atoms with E-state index < -0.39 is 24.5 Å². The molecule has 0 spiro atoms. The zero-order valence-electron chi connectivity index (χ0n) is 11.2. The summed E-state index contributed by atoms with van der Waals surface area (Å²) in [5.74, 6) is -0.852. The minimum absolute atomic E-state index is 0.0107. The average Bonchev–Trinajstić information content (AvgIpc) is 2.88. The SMILES string of the molecule is O=c1[nH]c2c(F)ccc(-c3cnc(OCC(F)F)c(Cl)n3)c2[nH]1. The molecular weight excluding hydrogens is 337 g/mol. The summed E-state index contributed by atoms with van der Waals surface area (Å²) in [4.78, 5) is 23.9. The highest BCUT2D eigenvalue weighted by Gasteiger charge is 2.15. The van der Waals surface area contributed by atoms with Crippen LogP contribution in [0.4, 0.5) is 13.2 Å². The highest BCUT2D eigenvalue weighted by atomic mass is 35.5. The molecule has 0 aliphatic heterocycles. The van der Waals surface area contributed by atoms with Gasteiger partial charge in [-0.05, 0) is 12.1 Å². The summed E-state index contributed by atoms with van der Waals surface area (Å²) in [7, 11) is 0. The Balaban J connectivity index is 2.04. The van der Waals surface area contributed by atoms with Crippen LogP contribution in [0.1, 0.15) is 0 Å². The molecule has 6 nitrogen and oxygen atoms in total. The maximum absolute atomic E-state index is 13.7. The highest BCUT2D eigenvalue weighted by Crippen LogP contribution is 2.29. The Morgan fingerprint density at radius 3 is 2.70 bits per heavy atom. The molecule has 2 aromatic heterocycles. The van der Waals surface area contributed by atoms with Crippen molar-refractivity contribution in [1.29, 1.82) is 0 Å². The van der Waals surface area contributed by atoms with Crippen LogP contribution in [0.25, 0.3) is 22.3 Å². The molecule has 120 valence electrons. The number of fused-ring (bicyclic) bond motifs is 1. The van der Waals surface area contributed by atoms with Crippen molar-refractivity contribution >= 4 is 22.6 Å². The molecule has 2 N–H and O–H groups in total. The average molecular weight is 345 g/mol. The Hall–Kier alpha value is -2.55. The van der Waals surface area contributed by atoms with Crippen LogP contribution < -0.4 is 10.4 Å². The normalized spacial score (nSPS) is 11.3. The van der Waals surface area contributed by atoms with Crippen molar-refractivity contribution in [3.8, 4) is 17.1 Å². The van der Waals surface area contributed by atoms with Gasteiger partial charge in [-0.2, -0.15) is 0 Å². The van der Waals surface area contributed by atoms with Gasteiger partial charge in [0, 0.05) is 5.56 Å². The van der Waals surface area contributed by atoms with E-state index in [9.17, 15) is 18.0 Å². The van der Waals surface area contributed by atoms with Gasteiger partial charge in [-0.3, -0.25) is 0 Å². The van der Waals surface area contributed by atoms with Gasteiger partial charge in [0.25, 0.3) is 12.3 Å². The van der Waals surface area contributed by atoms with E-state index in [1.165, 1.54) is 12.3 Å². The summed E-state index contributed by atoms with van der Waals surface area (Å²) in [6.45, 7) is -0.861. The molecular formula is C13H8ClF3N4O2. The van der Waals surface area contributed by atoms with Crippen LogP contribution in [0.15, 0.2) is 23.1 Å². The Morgan fingerprint density at radius 1 is 1.26 bits per heavy atom. The molecule has 3 aromatic rings. The second kappa shape index (κ2) is 5.92. The van der Waals surface area contributed by atoms with E-state index in [1.54, 1.807) is 0 Å². The lowest BCUT2D eigenvalue weighted by Crippen LogP contribution is -2.08. The van der Waals surface area contributed by atoms with Crippen LogP contribution in [0.2, 0.25) is 5.15 Å². The standard InChI is InChI=1S/C13H8ClF3N4O2/c14-11-12(23-4-8(16)17)18-3-7(19-11)5-1-2-6(15)10-9(5)20-13(22)21-10/h1-3,8H,4H2,(H2,20,21,22). The van der Waals surface area contributed by atoms with Gasteiger partial charge in [-0.25, -0.2) is 27.9 Å². The second-order valence-corrected chi connectivity index (χ2v) is 4.84. The quantitative estimate of drug-likeness (QED) is 0.762. The van der Waals surface area contributed by atoms with Crippen molar-refractivity contribution in [3.05, 3.63) is 39.8 Å². The molecule has 23 heavy (non-hydrogen) atoms. The Kier molecular flexibility index (Phi) is 3.95. The number of ether oxygens (including phenoxy) is 1. The smallest absolute Gasteiger partial charge is 0.323 e. The number of H-pyrrole nitrogens is 2. The number of nitrogens with one attached hydrogen (secondary N) is 2. The lowest BCUT2D eigenvalue weighted by atomic mass is 10.1. The number of alkyl halides is 2. The number of aromatic amines is 2. The predicted octanol–water partition coefficient (Wildman–Crippen LogP) is 2.75. The first kappa shape index (κ1) is 15.3. The third-order valence-electron chi connectivity index (χ3n) is 2.95. The molecule has 3 rings (SSSR count).